The molecule has 0 radical (unpaired) electrons. The Morgan fingerprint density at radius 1 is 1.44 bits per heavy atom. The van der Waals surface area contributed by atoms with Crippen LogP contribution >= 0.6 is 11.3 Å². The van der Waals surface area contributed by atoms with E-state index in [0.29, 0.717) is 30.1 Å². The number of aliphatic hydroxyl groups excluding tert-OH is 1. The summed E-state index contributed by atoms with van der Waals surface area (Å²) in [6.07, 6.45) is 0.294. The normalized spacial score (nSPS) is 19.6. The average molecular weight is 262 g/mol. The molecule has 4 nitrogen and oxygen atoms in total. The van der Waals surface area contributed by atoms with Crippen LogP contribution in [0.3, 0.4) is 0 Å². The van der Waals surface area contributed by atoms with Gasteiger partial charge in [0, 0.05) is 23.5 Å². The van der Waals surface area contributed by atoms with Crippen molar-refractivity contribution in [2.75, 3.05) is 18.8 Å². The molecule has 0 aliphatic carbocycles. The van der Waals surface area contributed by atoms with E-state index in [9.17, 15) is 9.90 Å². The molecule has 94 valence electrons. The number of likely N-dealkylation sites (tertiary alicyclic amines) is 1. The number of β-amino-alcohol motifs (C(OH)–C–C–N with tert-alkyl or cyclic N) is 1. The molecule has 2 aromatic rings. The van der Waals surface area contributed by atoms with Gasteiger partial charge in [0.15, 0.2) is 0 Å². The number of hydrogen-bond donors (Lipinski definition) is 2. The van der Waals surface area contributed by atoms with Crippen molar-refractivity contribution in [1.82, 2.24) is 4.90 Å². The lowest BCUT2D eigenvalue weighted by Gasteiger charge is -2.13. The summed E-state index contributed by atoms with van der Waals surface area (Å²) in [6.45, 7) is 1.08. The zero-order valence-electron chi connectivity index (χ0n) is 9.80. The number of carbonyl (C=O) groups excluding carboxylic acids is 1. The second-order valence-electron chi connectivity index (χ2n) is 4.60. The number of anilines is 1. The number of aliphatic hydroxyl groups is 1. The van der Waals surface area contributed by atoms with Crippen molar-refractivity contribution in [3.8, 4) is 0 Å². The van der Waals surface area contributed by atoms with E-state index in [0.717, 1.165) is 10.1 Å². The molecule has 18 heavy (non-hydrogen) atoms. The van der Waals surface area contributed by atoms with Crippen molar-refractivity contribution in [1.29, 1.82) is 0 Å². The Morgan fingerprint density at radius 3 is 3.00 bits per heavy atom. The van der Waals surface area contributed by atoms with Gasteiger partial charge in [0.25, 0.3) is 5.91 Å². The molecule has 1 aliphatic heterocycles. The number of rotatable bonds is 1. The number of carbonyl (C=O) groups is 1. The summed E-state index contributed by atoms with van der Waals surface area (Å²) in [6, 6.07) is 7.53. The highest BCUT2D eigenvalue weighted by atomic mass is 32.1. The number of thiophene rings is 1. The monoisotopic (exact) mass is 262 g/mol. The number of fused-ring (bicyclic) bond motifs is 1. The minimum absolute atomic E-state index is 0.00585. The van der Waals surface area contributed by atoms with Gasteiger partial charge in [0.1, 0.15) is 0 Å². The van der Waals surface area contributed by atoms with Crippen LogP contribution in [-0.4, -0.2) is 35.1 Å². The van der Waals surface area contributed by atoms with E-state index in [1.54, 1.807) is 4.90 Å². The summed E-state index contributed by atoms with van der Waals surface area (Å²) in [7, 11) is 0. The van der Waals surface area contributed by atoms with Crippen molar-refractivity contribution >= 4 is 33.0 Å². The molecule has 5 heteroatoms. The van der Waals surface area contributed by atoms with Crippen LogP contribution in [0.1, 0.15) is 16.1 Å². The van der Waals surface area contributed by atoms with Gasteiger partial charge in [-0.3, -0.25) is 4.79 Å². The van der Waals surface area contributed by atoms with Crippen LogP contribution in [0.15, 0.2) is 24.3 Å². The molecule has 1 amide bonds. The first-order chi connectivity index (χ1) is 8.63. The first-order valence-electron chi connectivity index (χ1n) is 5.90. The van der Waals surface area contributed by atoms with Gasteiger partial charge in [-0.15, -0.1) is 11.3 Å². The van der Waals surface area contributed by atoms with Crippen LogP contribution in [0.25, 0.3) is 10.1 Å². The van der Waals surface area contributed by atoms with Crippen LogP contribution in [0.5, 0.6) is 0 Å². The smallest absolute Gasteiger partial charge is 0.264 e. The zero-order valence-corrected chi connectivity index (χ0v) is 10.6. The summed E-state index contributed by atoms with van der Waals surface area (Å²) < 4.78 is 1.06. The summed E-state index contributed by atoms with van der Waals surface area (Å²) in [5.41, 5.74) is 6.43. The molecule has 3 rings (SSSR count). The van der Waals surface area contributed by atoms with Crippen molar-refractivity contribution in [3.63, 3.8) is 0 Å². The van der Waals surface area contributed by atoms with Crippen LogP contribution in [0.4, 0.5) is 5.69 Å². The molecule has 1 atom stereocenters. The van der Waals surface area contributed by atoms with Crippen molar-refractivity contribution in [2.45, 2.75) is 12.5 Å². The Morgan fingerprint density at radius 2 is 2.28 bits per heavy atom. The van der Waals surface area contributed by atoms with Crippen LogP contribution in [-0.2, 0) is 0 Å². The zero-order chi connectivity index (χ0) is 12.7. The fourth-order valence-electron chi connectivity index (χ4n) is 2.25. The number of nitrogens with two attached hydrogens (primary N) is 1. The summed E-state index contributed by atoms with van der Waals surface area (Å²) in [4.78, 5) is 14.7. The van der Waals surface area contributed by atoms with Gasteiger partial charge in [-0.2, -0.15) is 0 Å². The maximum Gasteiger partial charge on any atom is 0.264 e. The lowest BCUT2D eigenvalue weighted by molar-refractivity contribution is 0.0770. The number of nitrogen functional groups attached to an aromatic ring is 1. The Labute approximate surface area is 109 Å². The number of nitrogens with zero attached hydrogens (tertiary/aromatic N) is 1. The van der Waals surface area contributed by atoms with Gasteiger partial charge < -0.3 is 15.7 Å². The highest BCUT2D eigenvalue weighted by Gasteiger charge is 2.26. The third kappa shape index (κ3) is 1.95. The minimum atomic E-state index is -0.376. The van der Waals surface area contributed by atoms with Gasteiger partial charge in [-0.25, -0.2) is 0 Å². The summed E-state index contributed by atoms with van der Waals surface area (Å²) in [5, 5.41) is 10.5. The summed E-state index contributed by atoms with van der Waals surface area (Å²) >= 11 is 1.47. The Kier molecular flexibility index (Phi) is 2.72. The quantitative estimate of drug-likeness (QED) is 0.769. The molecule has 1 aromatic heterocycles. The molecule has 1 unspecified atom stereocenters. The van der Waals surface area contributed by atoms with Gasteiger partial charge >= 0.3 is 0 Å². The van der Waals surface area contributed by atoms with E-state index >= 15 is 0 Å². The second-order valence-corrected chi connectivity index (χ2v) is 5.69. The van der Waals surface area contributed by atoms with Gasteiger partial charge in [-0.1, -0.05) is 0 Å². The third-order valence-corrected chi connectivity index (χ3v) is 4.31. The number of hydrogen-bond acceptors (Lipinski definition) is 4. The number of amides is 1. The maximum absolute atomic E-state index is 12.2. The van der Waals surface area contributed by atoms with E-state index in [1.165, 1.54) is 11.3 Å². The van der Waals surface area contributed by atoms with E-state index in [1.807, 2.05) is 24.3 Å². The molecular weight excluding hydrogens is 248 g/mol. The number of benzene rings is 1. The maximum atomic E-state index is 12.2. The minimum Gasteiger partial charge on any atom is -0.399 e. The van der Waals surface area contributed by atoms with Gasteiger partial charge in [0.05, 0.1) is 11.0 Å². The SMILES string of the molecule is Nc1ccc2sc(C(=O)N3CCC(O)C3)cc2c1. The average Bonchev–Trinajstić information content (AvgIpc) is 2.93. The first kappa shape index (κ1) is 11.5. The second kappa shape index (κ2) is 4.26. The fourth-order valence-corrected chi connectivity index (χ4v) is 3.26. The lowest BCUT2D eigenvalue weighted by atomic mass is 10.2. The molecule has 1 aliphatic rings. The largest absolute Gasteiger partial charge is 0.399 e. The van der Waals surface area contributed by atoms with E-state index in [2.05, 4.69) is 0 Å². The third-order valence-electron chi connectivity index (χ3n) is 3.20. The molecule has 3 N–H and O–H groups in total. The molecule has 2 heterocycles. The highest BCUT2D eigenvalue weighted by molar-refractivity contribution is 7.20. The standard InChI is InChI=1S/C13H14N2O2S/c14-9-1-2-11-8(5-9)6-12(18-11)13(17)15-4-3-10(16)7-15/h1-2,5-6,10,16H,3-4,7,14H2. The molecule has 0 saturated carbocycles. The van der Waals surface area contributed by atoms with Crippen LogP contribution in [0, 0.1) is 0 Å². The van der Waals surface area contributed by atoms with Crippen molar-refractivity contribution in [3.05, 3.63) is 29.1 Å². The molecule has 0 bridgehead atoms. The van der Waals surface area contributed by atoms with E-state index < -0.39 is 0 Å². The van der Waals surface area contributed by atoms with E-state index in [4.69, 9.17) is 5.73 Å². The van der Waals surface area contributed by atoms with Gasteiger partial charge in [-0.05, 0) is 36.1 Å². The Balaban J connectivity index is 1.92. The highest BCUT2D eigenvalue weighted by Crippen LogP contribution is 2.28. The Bertz CT molecular complexity index is 608. The predicted octanol–water partition coefficient (Wildman–Crippen LogP) is 1.69. The molecule has 0 spiro atoms. The topological polar surface area (TPSA) is 66.6 Å². The molecular formula is C13H14N2O2S. The molecule has 1 saturated heterocycles. The van der Waals surface area contributed by atoms with Crippen LogP contribution in [0.2, 0.25) is 0 Å². The lowest BCUT2D eigenvalue weighted by Crippen LogP contribution is -2.28. The summed E-state index contributed by atoms with van der Waals surface area (Å²) in [5.74, 6) is 0.00585. The first-order valence-corrected chi connectivity index (χ1v) is 6.71. The van der Waals surface area contributed by atoms with Crippen molar-refractivity contribution in [2.24, 2.45) is 0 Å². The Hall–Kier alpha value is -1.59. The molecule has 1 fully saturated rings. The van der Waals surface area contributed by atoms with E-state index in [-0.39, 0.29) is 12.0 Å². The van der Waals surface area contributed by atoms with Crippen molar-refractivity contribution < 1.29 is 9.90 Å². The predicted molar refractivity (Wildman–Crippen MR) is 72.8 cm³/mol. The molecule has 1 aromatic carbocycles. The van der Waals surface area contributed by atoms with Crippen LogP contribution < -0.4 is 5.73 Å². The fraction of sp³-hybridized carbons (Fsp3) is 0.308. The van der Waals surface area contributed by atoms with Gasteiger partial charge in [0.2, 0.25) is 0 Å².